The van der Waals surface area contributed by atoms with Crippen LogP contribution >= 0.6 is 11.6 Å². The molecular formula is C18H15ClN2O3. The molecule has 3 aromatic rings. The van der Waals surface area contributed by atoms with Crippen molar-refractivity contribution in [2.75, 3.05) is 5.32 Å². The quantitative estimate of drug-likeness (QED) is 0.736. The van der Waals surface area contributed by atoms with Gasteiger partial charge in [-0.1, -0.05) is 23.7 Å². The number of carbonyl (C=O) groups is 1. The number of anilines is 1. The monoisotopic (exact) mass is 342 g/mol. The number of carbonyl (C=O) groups excluding carboxylic acids is 1. The van der Waals surface area contributed by atoms with Crippen molar-refractivity contribution in [3.63, 3.8) is 0 Å². The molecule has 1 N–H and O–H groups in total. The highest BCUT2D eigenvalue weighted by Crippen LogP contribution is 2.20. The maximum absolute atomic E-state index is 12.2. The van der Waals surface area contributed by atoms with Gasteiger partial charge in [0.05, 0.1) is 5.52 Å². The maximum atomic E-state index is 12.2. The van der Waals surface area contributed by atoms with E-state index in [0.717, 1.165) is 11.1 Å². The number of benzene rings is 2. The van der Waals surface area contributed by atoms with E-state index in [1.807, 2.05) is 19.1 Å². The van der Waals surface area contributed by atoms with Gasteiger partial charge in [0.15, 0.2) is 5.58 Å². The number of rotatable bonds is 3. The average molecular weight is 343 g/mol. The van der Waals surface area contributed by atoms with Gasteiger partial charge < -0.3 is 9.73 Å². The Morgan fingerprint density at radius 1 is 1.25 bits per heavy atom. The molecule has 0 spiro atoms. The Hall–Kier alpha value is -2.79. The van der Waals surface area contributed by atoms with Crippen LogP contribution in [0.2, 0.25) is 5.02 Å². The molecule has 1 amide bonds. The molecule has 0 aliphatic heterocycles. The third-order valence-corrected chi connectivity index (χ3v) is 3.92. The molecule has 6 heteroatoms. The summed E-state index contributed by atoms with van der Waals surface area (Å²) in [5.74, 6) is -0.713. The standard InChI is InChI=1S/C18H15ClN2O3/c1-11(12-4-3-5-13(19)9-12)8-17(22)20-14-6-7-15-16(10-14)24-18(23)21(15)2/h3-10H,1-2H3,(H,20,22)/b11-8+. The van der Waals surface area contributed by atoms with Crippen LogP contribution in [-0.2, 0) is 11.8 Å². The predicted molar refractivity (Wildman–Crippen MR) is 95.2 cm³/mol. The molecule has 0 atom stereocenters. The van der Waals surface area contributed by atoms with Crippen LogP contribution in [0, 0.1) is 0 Å². The van der Waals surface area contributed by atoms with Crippen LogP contribution in [0.3, 0.4) is 0 Å². The first-order valence-corrected chi connectivity index (χ1v) is 7.66. The van der Waals surface area contributed by atoms with E-state index >= 15 is 0 Å². The lowest BCUT2D eigenvalue weighted by Crippen LogP contribution is -2.09. The number of allylic oxidation sites excluding steroid dienone is 1. The fraction of sp³-hybridized carbons (Fsp3) is 0.111. The van der Waals surface area contributed by atoms with E-state index in [1.54, 1.807) is 37.4 Å². The second kappa shape index (κ2) is 6.37. The van der Waals surface area contributed by atoms with E-state index in [9.17, 15) is 9.59 Å². The molecular weight excluding hydrogens is 328 g/mol. The summed E-state index contributed by atoms with van der Waals surface area (Å²) in [5.41, 5.74) is 3.32. The number of oxazole rings is 1. The van der Waals surface area contributed by atoms with Crippen molar-refractivity contribution < 1.29 is 9.21 Å². The van der Waals surface area contributed by atoms with Crippen molar-refractivity contribution >= 4 is 39.9 Å². The molecule has 5 nitrogen and oxygen atoms in total. The highest BCUT2D eigenvalue weighted by Gasteiger charge is 2.08. The lowest BCUT2D eigenvalue weighted by Gasteiger charge is -2.05. The van der Waals surface area contributed by atoms with Crippen molar-refractivity contribution in [1.29, 1.82) is 0 Å². The lowest BCUT2D eigenvalue weighted by atomic mass is 10.1. The highest BCUT2D eigenvalue weighted by molar-refractivity contribution is 6.30. The number of amides is 1. The zero-order chi connectivity index (χ0) is 17.3. The Bertz CT molecular complexity index is 1010. The van der Waals surface area contributed by atoms with Crippen LogP contribution in [0.25, 0.3) is 16.7 Å². The zero-order valence-corrected chi connectivity index (χ0v) is 13.9. The minimum atomic E-state index is -0.440. The normalized spacial score (nSPS) is 11.7. The molecule has 0 saturated carbocycles. The van der Waals surface area contributed by atoms with Gasteiger partial charge in [-0.3, -0.25) is 9.36 Å². The fourth-order valence-corrected chi connectivity index (χ4v) is 2.59. The largest absolute Gasteiger partial charge is 0.419 e. The van der Waals surface area contributed by atoms with Gasteiger partial charge in [0, 0.05) is 29.9 Å². The van der Waals surface area contributed by atoms with Gasteiger partial charge in [0.1, 0.15) is 0 Å². The lowest BCUT2D eigenvalue weighted by molar-refractivity contribution is -0.111. The summed E-state index contributed by atoms with van der Waals surface area (Å²) < 4.78 is 6.52. The second-order valence-corrected chi connectivity index (χ2v) is 5.87. The summed E-state index contributed by atoms with van der Waals surface area (Å²) in [4.78, 5) is 23.7. The Morgan fingerprint density at radius 2 is 2.04 bits per heavy atom. The average Bonchev–Trinajstić information content (AvgIpc) is 2.81. The molecule has 0 aliphatic rings. The molecule has 24 heavy (non-hydrogen) atoms. The van der Waals surface area contributed by atoms with Crippen LogP contribution in [0.1, 0.15) is 12.5 Å². The number of aromatic nitrogens is 1. The molecule has 3 rings (SSSR count). The summed E-state index contributed by atoms with van der Waals surface area (Å²) in [7, 11) is 1.63. The summed E-state index contributed by atoms with van der Waals surface area (Å²) in [6, 6.07) is 12.4. The van der Waals surface area contributed by atoms with Gasteiger partial charge in [-0.2, -0.15) is 0 Å². The zero-order valence-electron chi connectivity index (χ0n) is 13.2. The van der Waals surface area contributed by atoms with Gasteiger partial charge in [-0.25, -0.2) is 4.79 Å². The number of fused-ring (bicyclic) bond motifs is 1. The third kappa shape index (κ3) is 3.26. The van der Waals surface area contributed by atoms with Crippen LogP contribution in [-0.4, -0.2) is 10.5 Å². The Labute approximate surface area is 143 Å². The summed E-state index contributed by atoms with van der Waals surface area (Å²) >= 11 is 5.96. The van der Waals surface area contributed by atoms with Crippen molar-refractivity contribution in [1.82, 2.24) is 4.57 Å². The topological polar surface area (TPSA) is 64.2 Å². The SMILES string of the molecule is C/C(=C\C(=O)Nc1ccc2c(c1)oc(=O)n2C)c1cccc(Cl)c1. The van der Waals surface area contributed by atoms with Crippen molar-refractivity contribution in [2.45, 2.75) is 6.92 Å². The van der Waals surface area contributed by atoms with Crippen molar-refractivity contribution in [3.05, 3.63) is 69.7 Å². The molecule has 0 unspecified atom stereocenters. The number of halogens is 1. The van der Waals surface area contributed by atoms with Gasteiger partial charge in [0.2, 0.25) is 5.91 Å². The first-order chi connectivity index (χ1) is 11.4. The van der Waals surface area contributed by atoms with Crippen LogP contribution in [0.5, 0.6) is 0 Å². The van der Waals surface area contributed by atoms with Crippen molar-refractivity contribution in [3.8, 4) is 0 Å². The molecule has 1 aromatic heterocycles. The molecule has 2 aromatic carbocycles. The number of nitrogens with one attached hydrogen (secondary N) is 1. The first-order valence-electron chi connectivity index (χ1n) is 7.29. The fourth-order valence-electron chi connectivity index (χ4n) is 2.40. The molecule has 0 aliphatic carbocycles. The third-order valence-electron chi connectivity index (χ3n) is 3.69. The van der Waals surface area contributed by atoms with Gasteiger partial charge >= 0.3 is 5.76 Å². The number of hydrogen-bond donors (Lipinski definition) is 1. The van der Waals surface area contributed by atoms with Gasteiger partial charge in [-0.15, -0.1) is 0 Å². The number of nitrogens with zero attached hydrogens (tertiary/aromatic N) is 1. The Morgan fingerprint density at radius 3 is 2.79 bits per heavy atom. The molecule has 0 saturated heterocycles. The highest BCUT2D eigenvalue weighted by atomic mass is 35.5. The Kier molecular flexibility index (Phi) is 4.27. The minimum Gasteiger partial charge on any atom is -0.408 e. The van der Waals surface area contributed by atoms with E-state index in [4.69, 9.17) is 16.0 Å². The summed E-state index contributed by atoms with van der Waals surface area (Å²) in [5, 5.41) is 3.37. The second-order valence-electron chi connectivity index (χ2n) is 5.44. The van der Waals surface area contributed by atoms with Gasteiger partial charge in [0.25, 0.3) is 0 Å². The van der Waals surface area contributed by atoms with Crippen molar-refractivity contribution in [2.24, 2.45) is 7.05 Å². The molecule has 1 heterocycles. The van der Waals surface area contributed by atoms with E-state index in [0.29, 0.717) is 21.8 Å². The van der Waals surface area contributed by atoms with E-state index < -0.39 is 5.76 Å². The number of hydrogen-bond acceptors (Lipinski definition) is 3. The first kappa shape index (κ1) is 16.1. The van der Waals surface area contributed by atoms with Crippen LogP contribution < -0.4 is 11.1 Å². The van der Waals surface area contributed by atoms with Crippen LogP contribution in [0.4, 0.5) is 5.69 Å². The molecule has 0 radical (unpaired) electrons. The van der Waals surface area contributed by atoms with E-state index in [2.05, 4.69) is 5.32 Å². The van der Waals surface area contributed by atoms with Crippen LogP contribution in [0.15, 0.2) is 57.8 Å². The van der Waals surface area contributed by atoms with E-state index in [1.165, 1.54) is 10.6 Å². The van der Waals surface area contributed by atoms with Gasteiger partial charge in [-0.05, 0) is 42.3 Å². The molecule has 122 valence electrons. The predicted octanol–water partition coefficient (Wildman–Crippen LogP) is 3.83. The summed E-state index contributed by atoms with van der Waals surface area (Å²) in [6.07, 6.45) is 1.50. The smallest absolute Gasteiger partial charge is 0.408 e. The minimum absolute atomic E-state index is 0.273. The maximum Gasteiger partial charge on any atom is 0.419 e. The molecule has 0 fully saturated rings. The summed E-state index contributed by atoms with van der Waals surface area (Å²) in [6.45, 7) is 1.84. The van der Waals surface area contributed by atoms with E-state index in [-0.39, 0.29) is 5.91 Å². The Balaban J connectivity index is 1.81. The number of aryl methyl sites for hydroxylation is 1. The molecule has 0 bridgehead atoms.